The Morgan fingerprint density at radius 2 is 2.00 bits per heavy atom. The molecule has 0 aliphatic rings. The van der Waals surface area contributed by atoms with Gasteiger partial charge in [0.05, 0.1) is 11.2 Å². The average molecular weight is 240 g/mol. The molecule has 0 radical (unpaired) electrons. The monoisotopic (exact) mass is 240 g/mol. The van der Waals surface area contributed by atoms with Crippen molar-refractivity contribution in [1.82, 2.24) is 10.3 Å². The number of aromatic nitrogens is 1. The van der Waals surface area contributed by atoms with Gasteiger partial charge in [-0.1, -0.05) is 20.8 Å². The smallest absolute Gasteiger partial charge is 0.113 e. The van der Waals surface area contributed by atoms with Crippen molar-refractivity contribution < 1.29 is 0 Å². The van der Waals surface area contributed by atoms with Crippen LogP contribution < -0.4 is 5.32 Å². The highest BCUT2D eigenvalue weighted by atomic mass is 32.1. The molecule has 16 heavy (non-hydrogen) atoms. The van der Waals surface area contributed by atoms with Crippen LogP contribution in [-0.2, 0) is 5.54 Å². The molecule has 0 amide bonds. The zero-order chi connectivity index (χ0) is 12.3. The molecule has 0 saturated heterocycles. The molecule has 0 aliphatic heterocycles. The second kappa shape index (κ2) is 5.28. The van der Waals surface area contributed by atoms with Gasteiger partial charge in [0.15, 0.2) is 0 Å². The first-order chi connectivity index (χ1) is 7.39. The van der Waals surface area contributed by atoms with E-state index in [1.165, 1.54) is 15.6 Å². The van der Waals surface area contributed by atoms with Gasteiger partial charge in [-0.3, -0.25) is 0 Å². The molecule has 1 rings (SSSR count). The maximum absolute atomic E-state index is 4.71. The molecule has 1 aromatic rings. The van der Waals surface area contributed by atoms with E-state index in [1.807, 2.05) is 11.3 Å². The van der Waals surface area contributed by atoms with Crippen LogP contribution in [-0.4, -0.2) is 11.5 Å². The second-order valence-electron chi connectivity index (χ2n) is 5.12. The van der Waals surface area contributed by atoms with E-state index in [9.17, 15) is 0 Å². The normalized spacial score (nSPS) is 15.4. The highest BCUT2D eigenvalue weighted by molar-refractivity contribution is 7.11. The molecule has 1 unspecified atom stereocenters. The molecular weight excluding hydrogens is 216 g/mol. The SMILES string of the molecule is CCNC(C)(CC(C)C)c1nc(C)c(C)s1. The number of nitrogens with zero attached hydrogens (tertiary/aromatic N) is 1. The Balaban J connectivity index is 3.00. The van der Waals surface area contributed by atoms with Crippen molar-refractivity contribution in [3.63, 3.8) is 0 Å². The van der Waals surface area contributed by atoms with Gasteiger partial charge in [0.2, 0.25) is 0 Å². The van der Waals surface area contributed by atoms with Gasteiger partial charge in [-0.15, -0.1) is 11.3 Å². The first kappa shape index (κ1) is 13.7. The van der Waals surface area contributed by atoms with Crippen LogP contribution in [0.4, 0.5) is 0 Å². The van der Waals surface area contributed by atoms with E-state index in [4.69, 9.17) is 4.98 Å². The minimum atomic E-state index is 0.0343. The van der Waals surface area contributed by atoms with E-state index >= 15 is 0 Å². The van der Waals surface area contributed by atoms with Gasteiger partial charge in [0.25, 0.3) is 0 Å². The first-order valence-electron chi connectivity index (χ1n) is 6.08. The third-order valence-corrected chi connectivity index (χ3v) is 4.22. The van der Waals surface area contributed by atoms with Crippen molar-refractivity contribution in [3.8, 4) is 0 Å². The molecule has 3 heteroatoms. The number of hydrogen-bond donors (Lipinski definition) is 1. The molecule has 0 aromatic carbocycles. The van der Waals surface area contributed by atoms with Gasteiger partial charge in [-0.2, -0.15) is 0 Å². The van der Waals surface area contributed by atoms with Crippen molar-refractivity contribution in [2.45, 2.75) is 53.5 Å². The average Bonchev–Trinajstić information content (AvgIpc) is 2.46. The maximum Gasteiger partial charge on any atom is 0.113 e. The molecule has 0 fully saturated rings. The van der Waals surface area contributed by atoms with Gasteiger partial charge in [-0.25, -0.2) is 4.98 Å². The second-order valence-corrected chi connectivity index (χ2v) is 6.32. The summed E-state index contributed by atoms with van der Waals surface area (Å²) >= 11 is 1.83. The van der Waals surface area contributed by atoms with Gasteiger partial charge in [-0.05, 0) is 39.7 Å². The molecule has 0 aliphatic carbocycles. The lowest BCUT2D eigenvalue weighted by atomic mass is 9.91. The van der Waals surface area contributed by atoms with E-state index in [0.29, 0.717) is 5.92 Å². The molecule has 1 N–H and O–H groups in total. The van der Waals surface area contributed by atoms with Crippen LogP contribution >= 0.6 is 11.3 Å². The summed E-state index contributed by atoms with van der Waals surface area (Å²) in [5.41, 5.74) is 1.21. The number of rotatable bonds is 5. The molecule has 0 bridgehead atoms. The lowest BCUT2D eigenvalue weighted by Crippen LogP contribution is -2.40. The number of thiazole rings is 1. The fourth-order valence-electron chi connectivity index (χ4n) is 2.15. The van der Waals surface area contributed by atoms with Crippen LogP contribution in [0.25, 0.3) is 0 Å². The lowest BCUT2D eigenvalue weighted by molar-refractivity contribution is 0.302. The van der Waals surface area contributed by atoms with Gasteiger partial charge in [0.1, 0.15) is 5.01 Å². The predicted octanol–water partition coefficient (Wildman–Crippen LogP) is 3.63. The van der Waals surface area contributed by atoms with Crippen LogP contribution in [0.3, 0.4) is 0 Å². The summed E-state index contributed by atoms with van der Waals surface area (Å²) in [6.07, 6.45) is 1.13. The predicted molar refractivity (Wildman–Crippen MR) is 72.1 cm³/mol. The molecule has 2 nitrogen and oxygen atoms in total. The van der Waals surface area contributed by atoms with Crippen molar-refractivity contribution >= 4 is 11.3 Å². The fraction of sp³-hybridized carbons (Fsp3) is 0.769. The molecule has 0 saturated carbocycles. The van der Waals surface area contributed by atoms with E-state index < -0.39 is 0 Å². The first-order valence-corrected chi connectivity index (χ1v) is 6.90. The summed E-state index contributed by atoms with van der Waals surface area (Å²) in [7, 11) is 0. The highest BCUT2D eigenvalue weighted by Gasteiger charge is 2.30. The van der Waals surface area contributed by atoms with E-state index in [1.54, 1.807) is 0 Å². The fourth-order valence-corrected chi connectivity index (χ4v) is 3.20. The van der Waals surface area contributed by atoms with E-state index in [2.05, 4.69) is 46.9 Å². The van der Waals surface area contributed by atoms with Crippen LogP contribution in [0.5, 0.6) is 0 Å². The quantitative estimate of drug-likeness (QED) is 0.850. The van der Waals surface area contributed by atoms with Crippen LogP contribution in [0.1, 0.15) is 49.7 Å². The topological polar surface area (TPSA) is 24.9 Å². The molecule has 92 valence electrons. The third-order valence-electron chi connectivity index (χ3n) is 2.88. The molecule has 1 heterocycles. The summed E-state index contributed by atoms with van der Waals surface area (Å²) < 4.78 is 0. The van der Waals surface area contributed by atoms with Crippen molar-refractivity contribution in [1.29, 1.82) is 0 Å². The van der Waals surface area contributed by atoms with Crippen LogP contribution in [0, 0.1) is 19.8 Å². The van der Waals surface area contributed by atoms with Gasteiger partial charge in [0, 0.05) is 4.88 Å². The zero-order valence-corrected chi connectivity index (χ0v) is 12.2. The Morgan fingerprint density at radius 3 is 2.38 bits per heavy atom. The summed E-state index contributed by atoms with van der Waals surface area (Å²) in [5, 5.41) is 4.83. The summed E-state index contributed by atoms with van der Waals surface area (Å²) in [6.45, 7) is 14.2. The van der Waals surface area contributed by atoms with Crippen LogP contribution in [0.15, 0.2) is 0 Å². The Kier molecular flexibility index (Phi) is 4.51. The minimum Gasteiger partial charge on any atom is -0.306 e. The van der Waals surface area contributed by atoms with Crippen molar-refractivity contribution in [2.24, 2.45) is 5.92 Å². The molecular formula is C13H24N2S. The standard InChI is InChI=1S/C13H24N2S/c1-7-14-13(6,8-9(2)3)12-15-10(4)11(5)16-12/h9,14H,7-8H2,1-6H3. The summed E-state index contributed by atoms with van der Waals surface area (Å²) in [6, 6.07) is 0. The van der Waals surface area contributed by atoms with Gasteiger partial charge < -0.3 is 5.32 Å². The van der Waals surface area contributed by atoms with E-state index in [0.717, 1.165) is 13.0 Å². The zero-order valence-electron chi connectivity index (χ0n) is 11.3. The molecule has 1 aromatic heterocycles. The Hall–Kier alpha value is -0.410. The summed E-state index contributed by atoms with van der Waals surface area (Å²) in [4.78, 5) is 6.05. The number of nitrogens with one attached hydrogen (secondary N) is 1. The largest absolute Gasteiger partial charge is 0.306 e. The number of aryl methyl sites for hydroxylation is 2. The van der Waals surface area contributed by atoms with Crippen molar-refractivity contribution in [3.05, 3.63) is 15.6 Å². The third kappa shape index (κ3) is 3.05. The molecule has 0 spiro atoms. The van der Waals surface area contributed by atoms with Crippen LogP contribution in [0.2, 0.25) is 0 Å². The summed E-state index contributed by atoms with van der Waals surface area (Å²) in [5.74, 6) is 0.675. The highest BCUT2D eigenvalue weighted by Crippen LogP contribution is 2.32. The Morgan fingerprint density at radius 1 is 1.38 bits per heavy atom. The maximum atomic E-state index is 4.71. The Labute approximate surface area is 103 Å². The Bertz CT molecular complexity index is 324. The van der Waals surface area contributed by atoms with Gasteiger partial charge >= 0.3 is 0 Å². The van der Waals surface area contributed by atoms with E-state index in [-0.39, 0.29) is 5.54 Å². The van der Waals surface area contributed by atoms with Crippen molar-refractivity contribution in [2.75, 3.05) is 6.54 Å². The lowest BCUT2D eigenvalue weighted by Gasteiger charge is -2.30. The molecule has 1 atom stereocenters. The minimum absolute atomic E-state index is 0.0343. The number of hydrogen-bond acceptors (Lipinski definition) is 3.